The standard InChI is InChI=1S/C21H23N3O2S2.CH3F/c1-3-28(2,26)19-11-7-4-8-16(19)20(25)23-12-14-24(15-13-23)21-22-17-9-5-6-10-18(17)27-21;1-2/h4-11H,2-3,12-15H2,1H3;1H3. The van der Waals surface area contributed by atoms with E-state index in [1.54, 1.807) is 23.5 Å². The molecule has 0 bridgehead atoms. The second kappa shape index (κ2) is 9.57. The third kappa shape index (κ3) is 4.49. The van der Waals surface area contributed by atoms with E-state index in [9.17, 15) is 13.4 Å². The van der Waals surface area contributed by atoms with E-state index in [2.05, 4.69) is 16.8 Å². The van der Waals surface area contributed by atoms with E-state index in [1.807, 2.05) is 42.2 Å². The largest absolute Gasteiger partial charge is 0.345 e. The van der Waals surface area contributed by atoms with E-state index in [-0.39, 0.29) is 5.91 Å². The van der Waals surface area contributed by atoms with Crippen LogP contribution in [0.5, 0.6) is 0 Å². The summed E-state index contributed by atoms with van der Waals surface area (Å²) in [7, 11) is -1.95. The van der Waals surface area contributed by atoms with Crippen molar-refractivity contribution in [2.45, 2.75) is 11.8 Å². The number of aromatic nitrogens is 1. The summed E-state index contributed by atoms with van der Waals surface area (Å²) in [6, 6.07) is 15.3. The molecule has 3 aromatic rings. The van der Waals surface area contributed by atoms with Crippen LogP contribution in [-0.4, -0.2) is 65.0 Å². The zero-order valence-corrected chi connectivity index (χ0v) is 18.8. The number of carbonyl (C=O) groups excluding carboxylic acids is 1. The number of alkyl halides is 1. The van der Waals surface area contributed by atoms with Crippen LogP contribution in [0.3, 0.4) is 0 Å². The van der Waals surface area contributed by atoms with E-state index in [4.69, 9.17) is 4.98 Å². The topological polar surface area (TPSA) is 53.5 Å². The summed E-state index contributed by atoms with van der Waals surface area (Å²) in [6.45, 7) is 4.55. The maximum absolute atomic E-state index is 13.1. The number of fused-ring (bicyclic) bond motifs is 1. The predicted octanol–water partition coefficient (Wildman–Crippen LogP) is 3.94. The lowest BCUT2D eigenvalue weighted by atomic mass is 10.2. The van der Waals surface area contributed by atoms with E-state index in [1.165, 1.54) is 4.70 Å². The molecule has 30 heavy (non-hydrogen) atoms. The Kier molecular flexibility index (Phi) is 7.10. The lowest BCUT2D eigenvalue weighted by molar-refractivity contribution is 0.0743. The second-order valence-corrected chi connectivity index (χ2v) is 10.5. The van der Waals surface area contributed by atoms with Crippen LogP contribution in [-0.2, 0) is 9.52 Å². The number of hydrogen-bond acceptors (Lipinski definition) is 5. The number of hydrogen-bond donors (Lipinski definition) is 0. The van der Waals surface area contributed by atoms with Gasteiger partial charge in [-0.3, -0.25) is 13.4 Å². The summed E-state index contributed by atoms with van der Waals surface area (Å²) >= 11 is 1.68. The second-order valence-electron chi connectivity index (χ2n) is 6.84. The van der Waals surface area contributed by atoms with Crippen LogP contribution in [0.1, 0.15) is 17.3 Å². The van der Waals surface area contributed by atoms with E-state index < -0.39 is 9.52 Å². The van der Waals surface area contributed by atoms with Crippen molar-refractivity contribution in [3.05, 3.63) is 54.1 Å². The molecule has 1 saturated heterocycles. The first-order valence-electron chi connectivity index (χ1n) is 9.71. The van der Waals surface area contributed by atoms with Gasteiger partial charge in [0.2, 0.25) is 0 Å². The highest BCUT2D eigenvalue weighted by molar-refractivity contribution is 8.00. The number of thiazole rings is 1. The number of piperazine rings is 1. The summed E-state index contributed by atoms with van der Waals surface area (Å²) in [6.07, 6.45) is 0. The molecule has 160 valence electrons. The normalized spacial score (nSPS) is 16.0. The lowest BCUT2D eigenvalue weighted by Gasteiger charge is -2.35. The highest BCUT2D eigenvalue weighted by Crippen LogP contribution is 2.29. The first-order chi connectivity index (χ1) is 14.5. The zero-order valence-electron chi connectivity index (χ0n) is 17.2. The minimum Gasteiger partial charge on any atom is -0.345 e. The SMILES string of the molecule is C=S(=O)(CC)c1ccccc1C(=O)N1CCN(c2nc3ccccc3s2)CC1.CF. The minimum absolute atomic E-state index is 0.0654. The third-order valence-electron chi connectivity index (χ3n) is 5.10. The van der Waals surface area contributed by atoms with Crippen molar-refractivity contribution >= 4 is 48.0 Å². The molecule has 0 aliphatic carbocycles. The number of rotatable bonds is 4. The van der Waals surface area contributed by atoms with Crippen molar-refractivity contribution in [1.29, 1.82) is 0 Å². The molecule has 0 saturated carbocycles. The van der Waals surface area contributed by atoms with Crippen molar-refractivity contribution in [1.82, 2.24) is 9.88 Å². The van der Waals surface area contributed by atoms with Gasteiger partial charge in [0.15, 0.2) is 5.13 Å². The third-order valence-corrected chi connectivity index (χ3v) is 8.29. The first-order valence-corrected chi connectivity index (χ1v) is 12.4. The smallest absolute Gasteiger partial charge is 0.255 e. The van der Waals surface area contributed by atoms with E-state index in [0.717, 1.165) is 23.7 Å². The van der Waals surface area contributed by atoms with Crippen LogP contribution in [0.4, 0.5) is 9.52 Å². The summed E-state index contributed by atoms with van der Waals surface area (Å²) < 4.78 is 23.5. The Hall–Kier alpha value is -2.45. The molecular formula is C22H26FN3O2S2. The number of halogens is 1. The fraction of sp³-hybridized carbons (Fsp3) is 0.318. The fourth-order valence-corrected chi connectivity index (χ4v) is 5.60. The molecule has 1 aliphatic heterocycles. The molecule has 0 spiro atoms. The molecule has 1 unspecified atom stereocenters. The van der Waals surface area contributed by atoms with Crippen molar-refractivity contribution in [3.63, 3.8) is 0 Å². The van der Waals surface area contributed by atoms with Gasteiger partial charge in [0.25, 0.3) is 5.91 Å². The van der Waals surface area contributed by atoms with Gasteiger partial charge in [0.05, 0.1) is 23.0 Å². The molecular weight excluding hydrogens is 421 g/mol. The van der Waals surface area contributed by atoms with E-state index in [0.29, 0.717) is 36.5 Å². The van der Waals surface area contributed by atoms with Gasteiger partial charge in [-0.05, 0) is 39.7 Å². The van der Waals surface area contributed by atoms with Crippen molar-refractivity contribution in [3.8, 4) is 0 Å². The number of carbonyl (C=O) groups is 1. The summed E-state index contributed by atoms with van der Waals surface area (Å²) in [5, 5.41) is 1.00. The minimum atomic E-state index is -2.45. The molecule has 0 N–H and O–H groups in total. The Balaban J connectivity index is 0.00000124. The molecule has 2 aromatic carbocycles. The quantitative estimate of drug-likeness (QED) is 0.569. The molecule has 2 heterocycles. The fourth-order valence-electron chi connectivity index (χ4n) is 3.39. The average molecular weight is 448 g/mol. The van der Waals surface area contributed by atoms with Crippen LogP contribution in [0.2, 0.25) is 0 Å². The van der Waals surface area contributed by atoms with Gasteiger partial charge in [-0.25, -0.2) is 4.98 Å². The molecule has 0 radical (unpaired) electrons. The Morgan fingerprint density at radius 3 is 2.40 bits per heavy atom. The molecule has 1 aliphatic rings. The van der Waals surface area contributed by atoms with Gasteiger partial charge in [0.1, 0.15) is 0 Å². The maximum Gasteiger partial charge on any atom is 0.255 e. The van der Waals surface area contributed by atoms with Gasteiger partial charge in [0, 0.05) is 36.8 Å². The van der Waals surface area contributed by atoms with Gasteiger partial charge in [-0.1, -0.05) is 42.5 Å². The number of nitrogens with zero attached hydrogens (tertiary/aromatic N) is 3. The molecule has 1 fully saturated rings. The molecule has 1 aromatic heterocycles. The van der Waals surface area contributed by atoms with Crippen molar-refractivity contribution < 1.29 is 13.4 Å². The molecule has 4 rings (SSSR count). The number of amides is 1. The first kappa shape index (κ1) is 22.2. The van der Waals surface area contributed by atoms with Crippen LogP contribution in [0.25, 0.3) is 10.2 Å². The summed E-state index contributed by atoms with van der Waals surface area (Å²) in [5.41, 5.74) is 1.53. The van der Waals surface area contributed by atoms with Crippen molar-refractivity contribution in [2.75, 3.05) is 44.0 Å². The van der Waals surface area contributed by atoms with Crippen LogP contribution >= 0.6 is 11.3 Å². The highest BCUT2D eigenvalue weighted by atomic mass is 32.2. The van der Waals surface area contributed by atoms with Gasteiger partial charge >= 0.3 is 0 Å². The van der Waals surface area contributed by atoms with Crippen LogP contribution < -0.4 is 4.90 Å². The molecule has 1 amide bonds. The Bertz CT molecular complexity index is 1090. The average Bonchev–Trinajstić information content (AvgIpc) is 3.24. The molecule has 5 nitrogen and oxygen atoms in total. The van der Waals surface area contributed by atoms with Gasteiger partial charge < -0.3 is 9.80 Å². The number of benzene rings is 2. The van der Waals surface area contributed by atoms with Crippen LogP contribution in [0, 0.1) is 0 Å². The van der Waals surface area contributed by atoms with Gasteiger partial charge in [-0.15, -0.1) is 0 Å². The van der Waals surface area contributed by atoms with E-state index >= 15 is 0 Å². The lowest BCUT2D eigenvalue weighted by Crippen LogP contribution is -2.49. The monoisotopic (exact) mass is 447 g/mol. The Morgan fingerprint density at radius 1 is 1.10 bits per heavy atom. The molecule has 1 atom stereocenters. The Morgan fingerprint density at radius 2 is 1.73 bits per heavy atom. The van der Waals surface area contributed by atoms with Crippen LogP contribution in [0.15, 0.2) is 53.4 Å². The zero-order chi connectivity index (χ0) is 21.7. The maximum atomic E-state index is 13.1. The van der Waals surface area contributed by atoms with Gasteiger partial charge in [-0.2, -0.15) is 0 Å². The number of anilines is 1. The van der Waals surface area contributed by atoms with Crippen molar-refractivity contribution in [2.24, 2.45) is 0 Å². The highest BCUT2D eigenvalue weighted by Gasteiger charge is 2.26. The predicted molar refractivity (Wildman–Crippen MR) is 125 cm³/mol. The Labute approximate surface area is 181 Å². The molecule has 8 heteroatoms. The number of para-hydroxylation sites is 1. The summed E-state index contributed by atoms with van der Waals surface area (Å²) in [5.74, 6) is 4.22. The summed E-state index contributed by atoms with van der Waals surface area (Å²) in [4.78, 5) is 22.5.